The van der Waals surface area contributed by atoms with Crippen LogP contribution in [0.15, 0.2) is 39.7 Å². The third kappa shape index (κ3) is 5.11. The molecule has 3 rings (SSSR count). The van der Waals surface area contributed by atoms with E-state index >= 15 is 0 Å². The number of carbonyl (C=O) groups is 1. The third-order valence-electron chi connectivity index (χ3n) is 4.30. The number of nitrogens with zero attached hydrogens (tertiary/aromatic N) is 3. The summed E-state index contributed by atoms with van der Waals surface area (Å²) in [7, 11) is -3.52. The first-order valence-corrected chi connectivity index (χ1v) is 12.2. The van der Waals surface area contributed by atoms with Crippen molar-refractivity contribution < 1.29 is 13.2 Å². The maximum atomic E-state index is 12.7. The molecule has 7 nitrogen and oxygen atoms in total. The zero-order valence-corrected chi connectivity index (χ0v) is 17.6. The first-order chi connectivity index (χ1) is 13.5. The van der Waals surface area contributed by atoms with E-state index in [2.05, 4.69) is 10.3 Å². The predicted octanol–water partition coefficient (Wildman–Crippen LogP) is 3.31. The van der Waals surface area contributed by atoms with Gasteiger partial charge in [-0.15, -0.1) is 11.3 Å². The maximum absolute atomic E-state index is 12.7. The Balaban J connectivity index is 1.58. The van der Waals surface area contributed by atoms with Crippen molar-refractivity contribution in [3.8, 4) is 6.07 Å². The van der Waals surface area contributed by atoms with E-state index in [0.29, 0.717) is 28.7 Å². The van der Waals surface area contributed by atoms with Crippen LogP contribution in [0.25, 0.3) is 0 Å². The first kappa shape index (κ1) is 20.8. The van der Waals surface area contributed by atoms with Crippen molar-refractivity contribution in [2.75, 3.05) is 24.2 Å². The fourth-order valence-corrected chi connectivity index (χ4v) is 5.69. The van der Waals surface area contributed by atoms with Crippen molar-refractivity contribution in [2.24, 2.45) is 0 Å². The van der Waals surface area contributed by atoms with E-state index in [0.717, 1.165) is 25.7 Å². The van der Waals surface area contributed by atoms with Gasteiger partial charge in [-0.05, 0) is 36.4 Å². The van der Waals surface area contributed by atoms with Gasteiger partial charge in [-0.25, -0.2) is 13.4 Å². The van der Waals surface area contributed by atoms with E-state index in [1.165, 1.54) is 33.6 Å². The monoisotopic (exact) mass is 436 g/mol. The van der Waals surface area contributed by atoms with Gasteiger partial charge >= 0.3 is 0 Å². The number of rotatable bonds is 6. The molecule has 0 aliphatic carbocycles. The number of sulfonamides is 1. The highest BCUT2D eigenvalue weighted by Gasteiger charge is 2.25. The van der Waals surface area contributed by atoms with Gasteiger partial charge in [0.15, 0.2) is 0 Å². The van der Waals surface area contributed by atoms with Gasteiger partial charge in [0.1, 0.15) is 16.0 Å². The van der Waals surface area contributed by atoms with Crippen LogP contribution in [0.1, 0.15) is 31.2 Å². The van der Waals surface area contributed by atoms with Gasteiger partial charge < -0.3 is 5.32 Å². The van der Waals surface area contributed by atoms with Crippen LogP contribution in [0.3, 0.4) is 0 Å². The Labute approximate surface area is 172 Å². The number of nitrogens with one attached hydrogen (secondary N) is 1. The van der Waals surface area contributed by atoms with Crippen LogP contribution in [-0.4, -0.2) is 42.5 Å². The van der Waals surface area contributed by atoms with Gasteiger partial charge in [0.2, 0.25) is 15.9 Å². The molecule has 2 aromatic rings. The van der Waals surface area contributed by atoms with Gasteiger partial charge in [-0.2, -0.15) is 9.57 Å². The highest BCUT2D eigenvalue weighted by atomic mass is 32.2. The Kier molecular flexibility index (Phi) is 7.07. The van der Waals surface area contributed by atoms with E-state index < -0.39 is 10.0 Å². The lowest BCUT2D eigenvalue weighted by Crippen LogP contribution is -2.32. The molecule has 2 aromatic heterocycles. The summed E-state index contributed by atoms with van der Waals surface area (Å²) in [6, 6.07) is 6.83. The number of thiophene rings is 1. The smallest absolute Gasteiger partial charge is 0.244 e. The molecule has 1 N–H and O–H groups in total. The average Bonchev–Trinajstić information content (AvgIpc) is 2.96. The number of anilines is 1. The molecule has 0 atom stereocenters. The molecule has 0 saturated carbocycles. The molecule has 1 aliphatic heterocycles. The molecule has 28 heavy (non-hydrogen) atoms. The Hall–Kier alpha value is -1.93. The van der Waals surface area contributed by atoms with Crippen LogP contribution in [0.2, 0.25) is 0 Å². The van der Waals surface area contributed by atoms with E-state index in [-0.39, 0.29) is 16.6 Å². The standard InChI is InChI=1S/C18H20N4O3S3/c19-11-14-7-10-26-18(14)21-16(23)13-27-17-6-5-15(12-20-17)28(24,25)22-8-3-1-2-4-9-22/h5-7,10,12H,1-4,8-9,13H2,(H,21,23). The minimum Gasteiger partial charge on any atom is -0.316 e. The maximum Gasteiger partial charge on any atom is 0.244 e. The minimum absolute atomic E-state index is 0.119. The SMILES string of the molecule is N#Cc1ccsc1NC(=O)CSc1ccc(S(=O)(=O)N2CCCCCC2)cn1. The zero-order valence-electron chi connectivity index (χ0n) is 15.1. The molecule has 0 radical (unpaired) electrons. The zero-order chi connectivity index (χ0) is 20.0. The molecular weight excluding hydrogens is 416 g/mol. The fourth-order valence-electron chi connectivity index (χ4n) is 2.83. The van der Waals surface area contributed by atoms with Crippen LogP contribution in [0, 0.1) is 11.3 Å². The predicted molar refractivity (Wildman–Crippen MR) is 110 cm³/mol. The molecule has 1 aliphatic rings. The molecule has 1 fully saturated rings. The largest absolute Gasteiger partial charge is 0.316 e. The second-order valence-electron chi connectivity index (χ2n) is 6.26. The lowest BCUT2D eigenvalue weighted by molar-refractivity contribution is -0.113. The van der Waals surface area contributed by atoms with E-state index in [1.807, 2.05) is 6.07 Å². The number of thioether (sulfide) groups is 1. The molecule has 0 bridgehead atoms. The van der Waals surface area contributed by atoms with Crippen molar-refractivity contribution in [1.29, 1.82) is 5.26 Å². The van der Waals surface area contributed by atoms with Gasteiger partial charge in [0, 0.05) is 19.3 Å². The van der Waals surface area contributed by atoms with Crippen LogP contribution in [-0.2, 0) is 14.8 Å². The number of pyridine rings is 1. The Morgan fingerprint density at radius 2 is 2.00 bits per heavy atom. The van der Waals surface area contributed by atoms with Crippen molar-refractivity contribution in [3.63, 3.8) is 0 Å². The van der Waals surface area contributed by atoms with Crippen LogP contribution < -0.4 is 5.32 Å². The summed E-state index contributed by atoms with van der Waals surface area (Å²) in [5.74, 6) is -0.124. The quantitative estimate of drug-likeness (QED) is 0.697. The van der Waals surface area contributed by atoms with Gasteiger partial charge in [-0.1, -0.05) is 24.6 Å². The number of hydrogen-bond donors (Lipinski definition) is 1. The number of nitriles is 1. The lowest BCUT2D eigenvalue weighted by Gasteiger charge is -2.19. The van der Waals surface area contributed by atoms with Crippen molar-refractivity contribution >= 4 is 44.0 Å². The van der Waals surface area contributed by atoms with Crippen molar-refractivity contribution in [2.45, 2.75) is 35.6 Å². The van der Waals surface area contributed by atoms with Crippen LogP contribution in [0.4, 0.5) is 5.00 Å². The normalized spacial score (nSPS) is 15.5. The number of carbonyl (C=O) groups excluding carboxylic acids is 1. The lowest BCUT2D eigenvalue weighted by atomic mass is 10.2. The van der Waals surface area contributed by atoms with E-state index in [1.54, 1.807) is 23.6 Å². The Morgan fingerprint density at radius 1 is 1.25 bits per heavy atom. The molecule has 1 amide bonds. The van der Waals surface area contributed by atoms with E-state index in [9.17, 15) is 13.2 Å². The van der Waals surface area contributed by atoms with Gasteiger partial charge in [-0.3, -0.25) is 4.79 Å². The molecule has 1 saturated heterocycles. The second-order valence-corrected chi connectivity index (χ2v) is 10.1. The van der Waals surface area contributed by atoms with Crippen molar-refractivity contribution in [3.05, 3.63) is 35.3 Å². The van der Waals surface area contributed by atoms with Gasteiger partial charge in [0.05, 0.1) is 16.3 Å². The molecule has 0 spiro atoms. The topological polar surface area (TPSA) is 103 Å². The number of aromatic nitrogens is 1. The van der Waals surface area contributed by atoms with Crippen LogP contribution >= 0.6 is 23.1 Å². The highest BCUT2D eigenvalue weighted by Crippen LogP contribution is 2.24. The minimum atomic E-state index is -3.52. The molecule has 3 heterocycles. The van der Waals surface area contributed by atoms with E-state index in [4.69, 9.17) is 5.26 Å². The fraction of sp³-hybridized carbons (Fsp3) is 0.389. The third-order valence-corrected chi connectivity index (χ3v) is 7.96. The molecule has 10 heteroatoms. The molecular formula is C18H20N4O3S3. The summed E-state index contributed by atoms with van der Waals surface area (Å²) in [6.45, 7) is 1.10. The summed E-state index contributed by atoms with van der Waals surface area (Å²) in [4.78, 5) is 16.4. The number of hydrogen-bond acceptors (Lipinski definition) is 7. The summed E-state index contributed by atoms with van der Waals surface area (Å²) in [6.07, 6.45) is 5.24. The average molecular weight is 437 g/mol. The highest BCUT2D eigenvalue weighted by molar-refractivity contribution is 7.99. The Morgan fingerprint density at radius 3 is 2.64 bits per heavy atom. The van der Waals surface area contributed by atoms with Gasteiger partial charge in [0.25, 0.3) is 0 Å². The van der Waals surface area contributed by atoms with Crippen molar-refractivity contribution in [1.82, 2.24) is 9.29 Å². The first-order valence-electron chi connectivity index (χ1n) is 8.87. The second kappa shape index (κ2) is 9.52. The summed E-state index contributed by atoms with van der Waals surface area (Å²) < 4.78 is 27.0. The molecule has 0 aromatic carbocycles. The summed E-state index contributed by atoms with van der Waals surface area (Å²) in [5.41, 5.74) is 0.435. The molecule has 148 valence electrons. The Bertz CT molecular complexity index is 957. The summed E-state index contributed by atoms with van der Waals surface area (Å²) >= 11 is 2.51. The molecule has 0 unspecified atom stereocenters. The van der Waals surface area contributed by atoms with Crippen LogP contribution in [0.5, 0.6) is 0 Å². The summed E-state index contributed by atoms with van der Waals surface area (Å²) in [5, 5.41) is 14.5. The number of amides is 1.